The largest absolute Gasteiger partial charge is 0.372 e. The zero-order valence-electron chi connectivity index (χ0n) is 9.74. The van der Waals surface area contributed by atoms with Gasteiger partial charge in [-0.3, -0.25) is 4.79 Å². The molecule has 1 atom stereocenters. The van der Waals surface area contributed by atoms with Crippen molar-refractivity contribution in [1.82, 2.24) is 4.90 Å². The minimum Gasteiger partial charge on any atom is -0.372 e. The summed E-state index contributed by atoms with van der Waals surface area (Å²) >= 11 is 0. The number of rotatable bonds is 4. The molecule has 1 heterocycles. The maximum absolute atomic E-state index is 11.6. The van der Waals surface area contributed by atoms with Crippen molar-refractivity contribution < 1.29 is 9.53 Å². The number of piperidine rings is 1. The van der Waals surface area contributed by atoms with Crippen molar-refractivity contribution in [2.75, 3.05) is 26.3 Å². The lowest BCUT2D eigenvalue weighted by molar-refractivity contribution is -0.137. The summed E-state index contributed by atoms with van der Waals surface area (Å²) < 4.78 is 5.11. The third-order valence-corrected chi connectivity index (χ3v) is 3.07. The predicted molar refractivity (Wildman–Crippen MR) is 59.4 cm³/mol. The third kappa shape index (κ3) is 3.80. The van der Waals surface area contributed by atoms with Crippen molar-refractivity contribution in [2.24, 2.45) is 11.7 Å². The van der Waals surface area contributed by atoms with Gasteiger partial charge in [-0.1, -0.05) is 0 Å². The molecule has 15 heavy (non-hydrogen) atoms. The molecule has 2 N–H and O–H groups in total. The molecule has 4 heteroatoms. The Morgan fingerprint density at radius 3 is 2.60 bits per heavy atom. The quantitative estimate of drug-likeness (QED) is 0.746. The van der Waals surface area contributed by atoms with Gasteiger partial charge in [0, 0.05) is 25.7 Å². The second-order valence-electron chi connectivity index (χ2n) is 4.21. The van der Waals surface area contributed by atoms with Crippen molar-refractivity contribution in [1.29, 1.82) is 0 Å². The first-order chi connectivity index (χ1) is 7.15. The van der Waals surface area contributed by atoms with E-state index in [9.17, 15) is 4.79 Å². The topological polar surface area (TPSA) is 55.6 Å². The number of amides is 1. The fourth-order valence-electron chi connectivity index (χ4n) is 1.96. The fraction of sp³-hybridized carbons (Fsp3) is 0.909. The van der Waals surface area contributed by atoms with E-state index in [1.807, 2.05) is 18.7 Å². The lowest BCUT2D eigenvalue weighted by atomic mass is 9.91. The van der Waals surface area contributed by atoms with E-state index in [0.29, 0.717) is 12.5 Å². The molecule has 1 aliphatic heterocycles. The van der Waals surface area contributed by atoms with Gasteiger partial charge in [-0.05, 0) is 32.6 Å². The Bertz CT molecular complexity index is 199. The van der Waals surface area contributed by atoms with Crippen LogP contribution in [0.1, 0.15) is 26.7 Å². The minimum atomic E-state index is 0.111. The summed E-state index contributed by atoms with van der Waals surface area (Å²) in [7, 11) is 0. The smallest absolute Gasteiger partial charge is 0.248 e. The second-order valence-corrected chi connectivity index (χ2v) is 4.21. The van der Waals surface area contributed by atoms with Crippen LogP contribution < -0.4 is 5.73 Å². The molecule has 0 spiro atoms. The van der Waals surface area contributed by atoms with Crippen LogP contribution in [-0.2, 0) is 9.53 Å². The molecule has 1 fully saturated rings. The standard InChI is InChI=1S/C11H22N2O2/c1-3-15-8-11(14)13-6-4-10(5-7-13)9(2)12/h9-10H,3-8,12H2,1-2H3. The highest BCUT2D eigenvalue weighted by Crippen LogP contribution is 2.19. The number of carbonyl (C=O) groups excluding carboxylic acids is 1. The van der Waals surface area contributed by atoms with Crippen LogP contribution in [0, 0.1) is 5.92 Å². The van der Waals surface area contributed by atoms with Crippen LogP contribution in [0.2, 0.25) is 0 Å². The van der Waals surface area contributed by atoms with Crippen molar-refractivity contribution in [3.8, 4) is 0 Å². The number of ether oxygens (including phenoxy) is 1. The summed E-state index contributed by atoms with van der Waals surface area (Å²) in [6, 6.07) is 0.245. The first kappa shape index (κ1) is 12.5. The summed E-state index contributed by atoms with van der Waals surface area (Å²) in [5.74, 6) is 0.682. The first-order valence-electron chi connectivity index (χ1n) is 5.76. The number of nitrogens with two attached hydrogens (primary N) is 1. The van der Waals surface area contributed by atoms with E-state index in [0.717, 1.165) is 25.9 Å². The van der Waals surface area contributed by atoms with Crippen LogP contribution in [0.5, 0.6) is 0 Å². The molecule has 0 aliphatic carbocycles. The first-order valence-corrected chi connectivity index (χ1v) is 5.76. The Kier molecular flexibility index (Phi) is 5.05. The highest BCUT2D eigenvalue weighted by Gasteiger charge is 2.24. The summed E-state index contributed by atoms with van der Waals surface area (Å²) in [6.07, 6.45) is 2.05. The Balaban J connectivity index is 2.27. The summed E-state index contributed by atoms with van der Waals surface area (Å²) in [5, 5.41) is 0. The number of nitrogens with zero attached hydrogens (tertiary/aromatic N) is 1. The van der Waals surface area contributed by atoms with E-state index in [1.54, 1.807) is 0 Å². The molecule has 1 unspecified atom stereocenters. The monoisotopic (exact) mass is 214 g/mol. The maximum Gasteiger partial charge on any atom is 0.248 e. The highest BCUT2D eigenvalue weighted by molar-refractivity contribution is 5.77. The van der Waals surface area contributed by atoms with Gasteiger partial charge >= 0.3 is 0 Å². The Hall–Kier alpha value is -0.610. The van der Waals surface area contributed by atoms with Crippen LogP contribution >= 0.6 is 0 Å². The van der Waals surface area contributed by atoms with Gasteiger partial charge < -0.3 is 15.4 Å². The molecule has 1 saturated heterocycles. The van der Waals surface area contributed by atoms with Gasteiger partial charge in [0.1, 0.15) is 6.61 Å². The van der Waals surface area contributed by atoms with Crippen LogP contribution in [0.3, 0.4) is 0 Å². The molecule has 0 aromatic rings. The van der Waals surface area contributed by atoms with Crippen LogP contribution in [0.25, 0.3) is 0 Å². The highest BCUT2D eigenvalue weighted by atomic mass is 16.5. The molecule has 0 bridgehead atoms. The zero-order valence-corrected chi connectivity index (χ0v) is 9.74. The second kappa shape index (κ2) is 6.08. The molecule has 0 aromatic heterocycles. The molecule has 4 nitrogen and oxygen atoms in total. The van der Waals surface area contributed by atoms with Gasteiger partial charge in [0.05, 0.1) is 0 Å². The van der Waals surface area contributed by atoms with Gasteiger partial charge in [-0.2, -0.15) is 0 Å². The molecular weight excluding hydrogens is 192 g/mol. The van der Waals surface area contributed by atoms with Crippen molar-refractivity contribution >= 4 is 5.91 Å². The Labute approximate surface area is 91.8 Å². The van der Waals surface area contributed by atoms with Gasteiger partial charge in [0.15, 0.2) is 0 Å². The normalized spacial score (nSPS) is 20.3. The van der Waals surface area contributed by atoms with E-state index in [2.05, 4.69) is 0 Å². The minimum absolute atomic E-state index is 0.111. The molecule has 1 amide bonds. The average molecular weight is 214 g/mol. The Morgan fingerprint density at radius 2 is 2.13 bits per heavy atom. The van der Waals surface area contributed by atoms with Gasteiger partial charge in [-0.15, -0.1) is 0 Å². The van der Waals surface area contributed by atoms with Crippen molar-refractivity contribution in [2.45, 2.75) is 32.7 Å². The van der Waals surface area contributed by atoms with E-state index < -0.39 is 0 Å². The summed E-state index contributed by atoms with van der Waals surface area (Å²) in [4.78, 5) is 13.5. The van der Waals surface area contributed by atoms with Gasteiger partial charge in [0.25, 0.3) is 0 Å². The molecule has 0 saturated carbocycles. The van der Waals surface area contributed by atoms with E-state index in [4.69, 9.17) is 10.5 Å². The summed E-state index contributed by atoms with van der Waals surface area (Å²) in [6.45, 7) is 6.43. The number of likely N-dealkylation sites (tertiary alicyclic amines) is 1. The van der Waals surface area contributed by atoms with Gasteiger partial charge in [-0.25, -0.2) is 0 Å². The number of carbonyl (C=O) groups is 1. The van der Waals surface area contributed by atoms with E-state index in [-0.39, 0.29) is 18.6 Å². The molecule has 88 valence electrons. The van der Waals surface area contributed by atoms with Crippen LogP contribution in [0.15, 0.2) is 0 Å². The van der Waals surface area contributed by atoms with Gasteiger partial charge in [0.2, 0.25) is 5.91 Å². The molecular formula is C11H22N2O2. The lowest BCUT2D eigenvalue weighted by Gasteiger charge is -2.33. The average Bonchev–Trinajstić information content (AvgIpc) is 2.26. The van der Waals surface area contributed by atoms with Crippen molar-refractivity contribution in [3.05, 3.63) is 0 Å². The van der Waals surface area contributed by atoms with Crippen LogP contribution in [0.4, 0.5) is 0 Å². The Morgan fingerprint density at radius 1 is 1.53 bits per heavy atom. The van der Waals surface area contributed by atoms with E-state index >= 15 is 0 Å². The predicted octanol–water partition coefficient (Wildman–Crippen LogP) is 0.609. The maximum atomic E-state index is 11.6. The molecule has 1 rings (SSSR count). The zero-order chi connectivity index (χ0) is 11.3. The van der Waals surface area contributed by atoms with Crippen molar-refractivity contribution in [3.63, 3.8) is 0 Å². The molecule has 0 aromatic carbocycles. The third-order valence-electron chi connectivity index (χ3n) is 3.07. The number of hydrogen-bond acceptors (Lipinski definition) is 3. The molecule has 1 aliphatic rings. The lowest BCUT2D eigenvalue weighted by Crippen LogP contribution is -2.43. The molecule has 0 radical (unpaired) electrons. The fourth-order valence-corrected chi connectivity index (χ4v) is 1.96. The number of hydrogen-bond donors (Lipinski definition) is 1. The van der Waals surface area contributed by atoms with E-state index in [1.165, 1.54) is 0 Å². The van der Waals surface area contributed by atoms with Crippen LogP contribution in [-0.4, -0.2) is 43.2 Å². The summed E-state index contributed by atoms with van der Waals surface area (Å²) in [5.41, 5.74) is 5.84. The SMILES string of the molecule is CCOCC(=O)N1CCC(C(C)N)CC1.